The van der Waals surface area contributed by atoms with Gasteiger partial charge in [-0.2, -0.15) is 0 Å². The number of carbonyl (C=O) groups is 1. The van der Waals surface area contributed by atoms with Crippen molar-refractivity contribution >= 4 is 23.4 Å². The molecule has 1 heterocycles. The number of carbonyl (C=O) groups excluding carboxylic acids is 1. The number of nitrogens with one attached hydrogen (secondary N) is 1. The van der Waals surface area contributed by atoms with E-state index in [4.69, 9.17) is 9.47 Å². The molecule has 0 atom stereocenters. The number of anilines is 1. The number of methoxy groups -OCH3 is 1. The number of benzene rings is 2. The highest BCUT2D eigenvalue weighted by Crippen LogP contribution is 2.30. The molecule has 0 aliphatic rings. The van der Waals surface area contributed by atoms with Gasteiger partial charge in [-0.15, -0.1) is 10.2 Å². The first-order chi connectivity index (χ1) is 13.6. The van der Waals surface area contributed by atoms with Gasteiger partial charge >= 0.3 is 0 Å². The van der Waals surface area contributed by atoms with Crippen molar-refractivity contribution in [3.8, 4) is 22.9 Å². The van der Waals surface area contributed by atoms with E-state index in [9.17, 15) is 4.79 Å². The van der Waals surface area contributed by atoms with Gasteiger partial charge in [0.15, 0.2) is 11.0 Å². The van der Waals surface area contributed by atoms with Crippen LogP contribution in [0.1, 0.15) is 6.92 Å². The minimum atomic E-state index is -0.116. The highest BCUT2D eigenvalue weighted by Gasteiger charge is 2.16. The number of amides is 1. The fourth-order valence-corrected chi connectivity index (χ4v) is 3.32. The number of ether oxygens (including phenoxy) is 2. The lowest BCUT2D eigenvalue weighted by Gasteiger charge is -2.09. The van der Waals surface area contributed by atoms with Crippen molar-refractivity contribution in [1.29, 1.82) is 0 Å². The monoisotopic (exact) mass is 398 g/mol. The van der Waals surface area contributed by atoms with Crippen LogP contribution in [0.25, 0.3) is 11.4 Å². The van der Waals surface area contributed by atoms with Crippen LogP contribution >= 0.6 is 11.8 Å². The van der Waals surface area contributed by atoms with Crippen molar-refractivity contribution in [3.63, 3.8) is 0 Å². The Morgan fingerprint density at radius 1 is 1.14 bits per heavy atom. The Morgan fingerprint density at radius 2 is 1.89 bits per heavy atom. The molecule has 3 rings (SSSR count). The minimum absolute atomic E-state index is 0.116. The molecule has 1 N–H and O–H groups in total. The zero-order valence-electron chi connectivity index (χ0n) is 16.0. The normalized spacial score (nSPS) is 10.5. The van der Waals surface area contributed by atoms with Crippen LogP contribution in [-0.2, 0) is 11.8 Å². The first-order valence-electron chi connectivity index (χ1n) is 8.80. The second-order valence-corrected chi connectivity index (χ2v) is 6.80. The van der Waals surface area contributed by atoms with Gasteiger partial charge in [0.25, 0.3) is 0 Å². The van der Waals surface area contributed by atoms with Crippen molar-refractivity contribution in [2.75, 3.05) is 24.8 Å². The molecule has 8 heteroatoms. The molecule has 1 aromatic heterocycles. The van der Waals surface area contributed by atoms with Crippen LogP contribution in [0.5, 0.6) is 11.5 Å². The SMILES string of the molecule is CCOc1ccccc1-c1nnc(SCC(=O)Nc2ccc(OC)cc2)n1C. The molecule has 0 saturated heterocycles. The molecule has 28 heavy (non-hydrogen) atoms. The maximum absolute atomic E-state index is 12.2. The first kappa shape index (κ1) is 19.8. The molecule has 1 amide bonds. The molecule has 0 aliphatic carbocycles. The van der Waals surface area contributed by atoms with E-state index in [0.29, 0.717) is 17.6 Å². The number of para-hydroxylation sites is 1. The Kier molecular flexibility index (Phi) is 6.54. The zero-order valence-corrected chi connectivity index (χ0v) is 16.8. The third-order valence-electron chi connectivity index (χ3n) is 3.97. The van der Waals surface area contributed by atoms with E-state index >= 15 is 0 Å². The van der Waals surface area contributed by atoms with Crippen LogP contribution in [0.3, 0.4) is 0 Å². The smallest absolute Gasteiger partial charge is 0.234 e. The summed E-state index contributed by atoms with van der Waals surface area (Å²) in [5.74, 6) is 2.31. The van der Waals surface area contributed by atoms with E-state index in [0.717, 1.165) is 22.7 Å². The van der Waals surface area contributed by atoms with Crippen LogP contribution in [0.2, 0.25) is 0 Å². The predicted octanol–water partition coefficient (Wildman–Crippen LogP) is 3.62. The van der Waals surface area contributed by atoms with Gasteiger partial charge < -0.3 is 19.4 Å². The van der Waals surface area contributed by atoms with Gasteiger partial charge in [0, 0.05) is 12.7 Å². The predicted molar refractivity (Wildman–Crippen MR) is 110 cm³/mol. The second kappa shape index (κ2) is 9.27. The van der Waals surface area contributed by atoms with Gasteiger partial charge in [-0.3, -0.25) is 4.79 Å². The molecule has 0 radical (unpaired) electrons. The Hall–Kier alpha value is -3.00. The van der Waals surface area contributed by atoms with E-state index < -0.39 is 0 Å². The summed E-state index contributed by atoms with van der Waals surface area (Å²) in [6.07, 6.45) is 0. The van der Waals surface area contributed by atoms with Crippen LogP contribution in [0.4, 0.5) is 5.69 Å². The van der Waals surface area contributed by atoms with Gasteiger partial charge in [0.1, 0.15) is 11.5 Å². The Balaban J connectivity index is 1.65. The quantitative estimate of drug-likeness (QED) is 0.584. The topological polar surface area (TPSA) is 78.3 Å². The van der Waals surface area contributed by atoms with Crippen LogP contribution in [-0.4, -0.2) is 40.1 Å². The van der Waals surface area contributed by atoms with Gasteiger partial charge in [-0.05, 0) is 43.3 Å². The summed E-state index contributed by atoms with van der Waals surface area (Å²) in [5.41, 5.74) is 1.59. The first-order valence-corrected chi connectivity index (χ1v) is 9.79. The second-order valence-electron chi connectivity index (χ2n) is 5.86. The van der Waals surface area contributed by atoms with Gasteiger partial charge in [-0.25, -0.2) is 0 Å². The number of rotatable bonds is 8. The van der Waals surface area contributed by atoms with Crippen LogP contribution in [0.15, 0.2) is 53.7 Å². The highest BCUT2D eigenvalue weighted by atomic mass is 32.2. The summed E-state index contributed by atoms with van der Waals surface area (Å²) in [6.45, 7) is 2.51. The number of aromatic nitrogens is 3. The number of nitrogens with zero attached hydrogens (tertiary/aromatic N) is 3. The number of hydrogen-bond donors (Lipinski definition) is 1. The van der Waals surface area contributed by atoms with Gasteiger partial charge in [0.2, 0.25) is 5.91 Å². The van der Waals surface area contributed by atoms with Crippen LogP contribution < -0.4 is 14.8 Å². The average Bonchev–Trinajstić information content (AvgIpc) is 3.08. The standard InChI is InChI=1S/C20H22N4O3S/c1-4-27-17-8-6-5-7-16(17)19-22-23-20(24(19)2)28-13-18(25)21-14-9-11-15(26-3)12-10-14/h5-12H,4,13H2,1-3H3,(H,21,25). The fourth-order valence-electron chi connectivity index (χ4n) is 2.61. The summed E-state index contributed by atoms with van der Waals surface area (Å²) >= 11 is 1.33. The molecule has 7 nitrogen and oxygen atoms in total. The van der Waals surface area contributed by atoms with Crippen molar-refractivity contribution in [2.45, 2.75) is 12.1 Å². The highest BCUT2D eigenvalue weighted by molar-refractivity contribution is 7.99. The molecule has 0 saturated carbocycles. The summed E-state index contributed by atoms with van der Waals surface area (Å²) in [5, 5.41) is 12.0. The number of thioether (sulfide) groups is 1. The molecule has 0 spiro atoms. The molecule has 0 unspecified atom stereocenters. The van der Waals surface area contributed by atoms with Gasteiger partial charge in [-0.1, -0.05) is 23.9 Å². The number of hydrogen-bond acceptors (Lipinski definition) is 6. The largest absolute Gasteiger partial charge is 0.497 e. The maximum atomic E-state index is 12.2. The molecule has 3 aromatic rings. The van der Waals surface area contributed by atoms with Gasteiger partial charge in [0.05, 0.1) is 25.0 Å². The van der Waals surface area contributed by atoms with Crippen molar-refractivity contribution < 1.29 is 14.3 Å². The molecule has 2 aromatic carbocycles. The molecule has 0 bridgehead atoms. The lowest BCUT2D eigenvalue weighted by Crippen LogP contribution is -2.14. The Labute approximate surface area is 168 Å². The fraction of sp³-hybridized carbons (Fsp3) is 0.250. The summed E-state index contributed by atoms with van der Waals surface area (Å²) < 4.78 is 12.7. The van der Waals surface area contributed by atoms with E-state index in [1.807, 2.05) is 42.8 Å². The van der Waals surface area contributed by atoms with E-state index in [2.05, 4.69) is 15.5 Å². The maximum Gasteiger partial charge on any atom is 0.234 e. The summed E-state index contributed by atoms with van der Waals surface area (Å²) in [7, 11) is 3.48. The molecule has 146 valence electrons. The van der Waals surface area contributed by atoms with Crippen LogP contribution in [0, 0.1) is 0 Å². The Morgan fingerprint density at radius 3 is 2.61 bits per heavy atom. The van der Waals surface area contributed by atoms with E-state index in [1.54, 1.807) is 31.4 Å². The third kappa shape index (κ3) is 4.64. The zero-order chi connectivity index (χ0) is 19.9. The third-order valence-corrected chi connectivity index (χ3v) is 4.99. The van der Waals surface area contributed by atoms with E-state index in [-0.39, 0.29) is 11.7 Å². The molecule has 0 aliphatic heterocycles. The van der Waals surface area contributed by atoms with Crippen molar-refractivity contribution in [1.82, 2.24) is 14.8 Å². The molecule has 0 fully saturated rings. The molecular formula is C20H22N4O3S. The Bertz CT molecular complexity index is 941. The summed E-state index contributed by atoms with van der Waals surface area (Å²) in [6, 6.07) is 14.9. The lowest BCUT2D eigenvalue weighted by atomic mass is 10.2. The minimum Gasteiger partial charge on any atom is -0.497 e. The van der Waals surface area contributed by atoms with E-state index in [1.165, 1.54) is 11.8 Å². The lowest BCUT2D eigenvalue weighted by molar-refractivity contribution is -0.113. The van der Waals surface area contributed by atoms with Crippen molar-refractivity contribution in [2.24, 2.45) is 7.05 Å². The van der Waals surface area contributed by atoms with Crippen molar-refractivity contribution in [3.05, 3.63) is 48.5 Å². The summed E-state index contributed by atoms with van der Waals surface area (Å²) in [4.78, 5) is 12.2. The molecular weight excluding hydrogens is 376 g/mol. The average molecular weight is 398 g/mol.